The first-order chi connectivity index (χ1) is 10.7. The van der Waals surface area contributed by atoms with E-state index in [1.165, 1.54) is 32.3 Å². The smallest absolute Gasteiger partial charge is 0.248 e. The summed E-state index contributed by atoms with van der Waals surface area (Å²) >= 11 is 0. The molecule has 126 valence electrons. The van der Waals surface area contributed by atoms with Gasteiger partial charge in [0.1, 0.15) is 0 Å². The van der Waals surface area contributed by atoms with E-state index in [2.05, 4.69) is 5.32 Å². The summed E-state index contributed by atoms with van der Waals surface area (Å²) in [7, 11) is 3.01. The molecule has 7 heteroatoms. The molecule has 1 aromatic carbocycles. The quantitative estimate of drug-likeness (QED) is 0.637. The Morgan fingerprint density at radius 1 is 1.13 bits per heavy atom. The van der Waals surface area contributed by atoms with Gasteiger partial charge in [-0.2, -0.15) is 0 Å². The number of anilines is 2. The first kappa shape index (κ1) is 18.9. The number of allylic oxidation sites excluding steroid dienone is 3. The Morgan fingerprint density at radius 3 is 2.30 bits per heavy atom. The molecule has 0 heterocycles. The Labute approximate surface area is 138 Å². The van der Waals surface area contributed by atoms with Gasteiger partial charge in [-0.1, -0.05) is 18.2 Å². The SMILES string of the molecule is C/C=C/C=C/C(=O)Nc1cc(S(=O)(=O)N(C)C)ccc1N(C)C. The minimum absolute atomic E-state index is 0.126. The normalized spacial score (nSPS) is 12.3. The van der Waals surface area contributed by atoms with Gasteiger partial charge in [-0.05, 0) is 25.1 Å². The van der Waals surface area contributed by atoms with Gasteiger partial charge >= 0.3 is 0 Å². The summed E-state index contributed by atoms with van der Waals surface area (Å²) in [6.45, 7) is 1.85. The summed E-state index contributed by atoms with van der Waals surface area (Å²) in [4.78, 5) is 13.9. The third kappa shape index (κ3) is 4.94. The number of rotatable bonds is 6. The molecule has 0 unspecified atom stereocenters. The van der Waals surface area contributed by atoms with E-state index in [9.17, 15) is 13.2 Å². The monoisotopic (exact) mass is 337 g/mol. The van der Waals surface area contributed by atoms with Gasteiger partial charge < -0.3 is 10.2 Å². The van der Waals surface area contributed by atoms with Crippen LogP contribution < -0.4 is 10.2 Å². The molecule has 1 aromatic rings. The van der Waals surface area contributed by atoms with Crippen molar-refractivity contribution in [1.29, 1.82) is 0 Å². The summed E-state index contributed by atoms with van der Waals surface area (Å²) in [5.41, 5.74) is 1.16. The molecule has 0 fully saturated rings. The fourth-order valence-electron chi connectivity index (χ4n) is 1.80. The molecule has 0 spiro atoms. The summed E-state index contributed by atoms with van der Waals surface area (Å²) in [5.74, 6) is -0.328. The van der Waals surface area contributed by atoms with E-state index >= 15 is 0 Å². The van der Waals surface area contributed by atoms with Crippen molar-refractivity contribution in [3.05, 3.63) is 42.5 Å². The van der Waals surface area contributed by atoms with Crippen molar-refractivity contribution in [3.63, 3.8) is 0 Å². The lowest BCUT2D eigenvalue weighted by molar-refractivity contribution is -0.111. The number of amides is 1. The van der Waals surface area contributed by atoms with Crippen LogP contribution in [0.25, 0.3) is 0 Å². The lowest BCUT2D eigenvalue weighted by atomic mass is 10.2. The highest BCUT2D eigenvalue weighted by Crippen LogP contribution is 2.28. The lowest BCUT2D eigenvalue weighted by Crippen LogP contribution is -2.23. The van der Waals surface area contributed by atoms with Crippen LogP contribution in [-0.2, 0) is 14.8 Å². The fraction of sp³-hybridized carbons (Fsp3) is 0.312. The van der Waals surface area contributed by atoms with Gasteiger partial charge in [0.15, 0.2) is 0 Å². The first-order valence-electron chi connectivity index (χ1n) is 7.04. The lowest BCUT2D eigenvalue weighted by Gasteiger charge is -2.19. The Kier molecular flexibility index (Phi) is 6.53. The van der Waals surface area contributed by atoms with E-state index in [4.69, 9.17) is 0 Å². The molecule has 0 aliphatic carbocycles. The molecule has 0 saturated heterocycles. The van der Waals surface area contributed by atoms with Crippen LogP contribution in [0, 0.1) is 0 Å². The van der Waals surface area contributed by atoms with Gasteiger partial charge in [0.25, 0.3) is 0 Å². The molecule has 0 atom stereocenters. The number of hydrogen-bond acceptors (Lipinski definition) is 4. The molecule has 0 radical (unpaired) electrons. The van der Waals surface area contributed by atoms with Crippen LogP contribution in [0.15, 0.2) is 47.4 Å². The Balaban J connectivity index is 3.24. The van der Waals surface area contributed by atoms with E-state index in [1.54, 1.807) is 29.2 Å². The van der Waals surface area contributed by atoms with Crippen LogP contribution in [0.3, 0.4) is 0 Å². The highest BCUT2D eigenvalue weighted by molar-refractivity contribution is 7.89. The fourth-order valence-corrected chi connectivity index (χ4v) is 2.73. The van der Waals surface area contributed by atoms with Crippen LogP contribution in [0.4, 0.5) is 11.4 Å². The van der Waals surface area contributed by atoms with E-state index in [-0.39, 0.29) is 10.8 Å². The molecule has 1 amide bonds. The van der Waals surface area contributed by atoms with E-state index in [0.717, 1.165) is 9.99 Å². The third-order valence-corrected chi connectivity index (χ3v) is 4.85. The van der Waals surface area contributed by atoms with Crippen molar-refractivity contribution < 1.29 is 13.2 Å². The summed E-state index contributed by atoms with van der Waals surface area (Å²) in [6.07, 6.45) is 6.54. The molecule has 0 saturated carbocycles. The zero-order valence-electron chi connectivity index (χ0n) is 14.1. The Morgan fingerprint density at radius 2 is 1.78 bits per heavy atom. The minimum Gasteiger partial charge on any atom is -0.376 e. The maximum Gasteiger partial charge on any atom is 0.248 e. The molecule has 0 aliphatic heterocycles. The molecule has 0 aromatic heterocycles. The Hall–Kier alpha value is -2.12. The molecular weight excluding hydrogens is 314 g/mol. The average molecular weight is 337 g/mol. The number of benzene rings is 1. The maximum atomic E-state index is 12.2. The number of carbonyl (C=O) groups excluding carboxylic acids is 1. The number of nitrogens with zero attached hydrogens (tertiary/aromatic N) is 2. The first-order valence-corrected chi connectivity index (χ1v) is 8.48. The minimum atomic E-state index is -3.56. The van der Waals surface area contributed by atoms with Crippen LogP contribution in [0.2, 0.25) is 0 Å². The zero-order chi connectivity index (χ0) is 17.6. The second-order valence-corrected chi connectivity index (χ2v) is 7.39. The molecule has 1 rings (SSSR count). The van der Waals surface area contributed by atoms with Crippen molar-refractivity contribution in [2.45, 2.75) is 11.8 Å². The standard InChI is InChI=1S/C16H23N3O3S/c1-6-7-8-9-16(20)17-14-12-13(23(21,22)19(4)5)10-11-15(14)18(2)3/h6-12H,1-5H3,(H,17,20)/b7-6+,9-8+. The second-order valence-electron chi connectivity index (χ2n) is 5.23. The van der Waals surface area contributed by atoms with E-state index in [1.807, 2.05) is 21.0 Å². The molecule has 6 nitrogen and oxygen atoms in total. The number of hydrogen-bond donors (Lipinski definition) is 1. The van der Waals surface area contributed by atoms with Crippen molar-refractivity contribution in [2.75, 3.05) is 38.4 Å². The largest absolute Gasteiger partial charge is 0.376 e. The predicted molar refractivity (Wildman–Crippen MR) is 94.2 cm³/mol. The maximum absolute atomic E-state index is 12.2. The van der Waals surface area contributed by atoms with E-state index < -0.39 is 10.0 Å². The average Bonchev–Trinajstić information content (AvgIpc) is 2.46. The summed E-state index contributed by atoms with van der Waals surface area (Å²) in [6, 6.07) is 4.66. The molecule has 23 heavy (non-hydrogen) atoms. The van der Waals surface area contributed by atoms with Crippen molar-refractivity contribution >= 4 is 27.3 Å². The third-order valence-electron chi connectivity index (χ3n) is 3.04. The van der Waals surface area contributed by atoms with Crippen LogP contribution in [0.1, 0.15) is 6.92 Å². The number of carbonyl (C=O) groups is 1. The molecule has 0 aliphatic rings. The second kappa shape index (κ2) is 7.94. The van der Waals surface area contributed by atoms with E-state index in [0.29, 0.717) is 5.69 Å². The molecule has 0 bridgehead atoms. The molecular formula is C16H23N3O3S. The van der Waals surface area contributed by atoms with Crippen LogP contribution in [0.5, 0.6) is 0 Å². The number of nitrogens with one attached hydrogen (secondary N) is 1. The topological polar surface area (TPSA) is 69.7 Å². The highest BCUT2D eigenvalue weighted by Gasteiger charge is 2.19. The highest BCUT2D eigenvalue weighted by atomic mass is 32.2. The predicted octanol–water partition coefficient (Wildman–Crippen LogP) is 2.07. The zero-order valence-corrected chi connectivity index (χ0v) is 14.9. The van der Waals surface area contributed by atoms with Gasteiger partial charge in [0, 0.05) is 34.3 Å². The number of sulfonamides is 1. The van der Waals surface area contributed by atoms with Crippen molar-refractivity contribution in [2.24, 2.45) is 0 Å². The van der Waals surface area contributed by atoms with Crippen molar-refractivity contribution in [1.82, 2.24) is 4.31 Å². The van der Waals surface area contributed by atoms with Gasteiger partial charge in [-0.15, -0.1) is 0 Å². The van der Waals surface area contributed by atoms with Gasteiger partial charge in [0.2, 0.25) is 15.9 Å². The van der Waals surface area contributed by atoms with Crippen LogP contribution >= 0.6 is 0 Å². The van der Waals surface area contributed by atoms with Crippen molar-refractivity contribution in [3.8, 4) is 0 Å². The summed E-state index contributed by atoms with van der Waals surface area (Å²) < 4.78 is 25.6. The van der Waals surface area contributed by atoms with Gasteiger partial charge in [-0.25, -0.2) is 12.7 Å². The Bertz CT molecular complexity index is 720. The summed E-state index contributed by atoms with van der Waals surface area (Å²) in [5, 5.41) is 2.72. The molecule has 1 N–H and O–H groups in total. The van der Waals surface area contributed by atoms with Crippen LogP contribution in [-0.4, -0.2) is 46.8 Å². The van der Waals surface area contributed by atoms with Gasteiger partial charge in [0.05, 0.1) is 16.3 Å². The van der Waals surface area contributed by atoms with Gasteiger partial charge in [-0.3, -0.25) is 4.79 Å².